The number of fused-ring (bicyclic) bond motifs is 1. The van der Waals surface area contributed by atoms with E-state index in [1.807, 2.05) is 0 Å². The first-order valence-corrected chi connectivity index (χ1v) is 8.05. The van der Waals surface area contributed by atoms with Gasteiger partial charge in [-0.2, -0.15) is 0 Å². The number of phenolic OH excluding ortho intramolecular Hbond substituents is 1. The van der Waals surface area contributed by atoms with Gasteiger partial charge in [-0.25, -0.2) is 0 Å². The lowest BCUT2D eigenvalue weighted by atomic mass is 9.99. The van der Waals surface area contributed by atoms with E-state index in [9.17, 15) is 9.90 Å². The monoisotopic (exact) mass is 376 g/mol. The number of hydrogen-bond acceptors (Lipinski definition) is 8. The lowest BCUT2D eigenvalue weighted by molar-refractivity contribution is 0.0986. The van der Waals surface area contributed by atoms with Crippen LogP contribution in [0, 0.1) is 0 Å². The first kappa shape index (κ1) is 18.5. The van der Waals surface area contributed by atoms with Gasteiger partial charge in [0.15, 0.2) is 28.8 Å². The number of hydrogen-bond donors (Lipinski definition) is 1. The predicted octanol–water partition coefficient (Wildman–Crippen LogP) is 2.58. The molecule has 0 saturated heterocycles. The number of phenols is 1. The van der Waals surface area contributed by atoms with E-state index < -0.39 is 0 Å². The summed E-state index contributed by atoms with van der Waals surface area (Å²) in [6.45, 7) is -0.00431. The van der Waals surface area contributed by atoms with E-state index in [1.165, 1.54) is 34.5 Å². The number of benzene rings is 2. The van der Waals surface area contributed by atoms with Crippen LogP contribution in [-0.2, 0) is 6.42 Å². The van der Waals surface area contributed by atoms with Gasteiger partial charge in [0.1, 0.15) is 11.3 Å². The molecule has 0 unspecified atom stereocenters. The zero-order valence-electron chi connectivity index (χ0n) is 15.5. The normalized spacial score (nSPS) is 11.9. The van der Waals surface area contributed by atoms with Gasteiger partial charge in [0.05, 0.1) is 28.4 Å². The maximum absolute atomic E-state index is 12.9. The van der Waals surface area contributed by atoms with Gasteiger partial charge in [-0.05, 0) is 17.7 Å². The number of carbonyl (C=O) groups is 1. The number of methoxy groups -OCH3 is 4. The van der Waals surface area contributed by atoms with E-state index in [2.05, 4.69) is 0 Å². The molecule has 0 saturated carbocycles. The minimum Gasteiger partial charge on any atom is -0.507 e. The molecule has 0 radical (unpaired) electrons. The molecule has 0 atom stereocenters. The van der Waals surface area contributed by atoms with Gasteiger partial charge in [-0.15, -0.1) is 0 Å². The minimum atomic E-state index is -0.364. The molecule has 3 rings (SSSR count). The van der Waals surface area contributed by atoms with Crippen molar-refractivity contribution in [2.75, 3.05) is 35.2 Å². The Hall–Kier alpha value is -3.29. The molecule has 8 nitrogen and oxygen atoms in total. The highest BCUT2D eigenvalue weighted by Crippen LogP contribution is 2.48. The molecule has 144 valence electrons. The van der Waals surface area contributed by atoms with Crippen LogP contribution in [0.1, 0.15) is 15.9 Å². The van der Waals surface area contributed by atoms with Crippen molar-refractivity contribution < 1.29 is 38.3 Å². The lowest BCUT2D eigenvalue weighted by Crippen LogP contribution is -2.08. The first-order valence-electron chi connectivity index (χ1n) is 8.05. The number of ether oxygens (including phenoxy) is 6. The van der Waals surface area contributed by atoms with Crippen molar-refractivity contribution >= 4 is 5.78 Å². The molecule has 1 aliphatic heterocycles. The molecule has 8 heteroatoms. The maximum atomic E-state index is 12.9. The van der Waals surface area contributed by atoms with Gasteiger partial charge < -0.3 is 33.5 Å². The van der Waals surface area contributed by atoms with Crippen LogP contribution in [0.15, 0.2) is 18.2 Å². The molecule has 0 spiro atoms. The zero-order valence-corrected chi connectivity index (χ0v) is 15.5. The zero-order chi connectivity index (χ0) is 19.6. The smallest absolute Gasteiger partial charge is 0.231 e. The number of rotatable bonds is 7. The SMILES string of the molecule is COc1cc(CC(=O)c2c(O)cc3c(c2OC)OCO3)cc(OC)c1OC. The summed E-state index contributed by atoms with van der Waals surface area (Å²) in [4.78, 5) is 12.9. The molecule has 0 bridgehead atoms. The second kappa shape index (κ2) is 7.53. The molecule has 0 amide bonds. The van der Waals surface area contributed by atoms with E-state index in [0.717, 1.165) is 0 Å². The largest absolute Gasteiger partial charge is 0.507 e. The molecule has 1 aliphatic rings. The van der Waals surface area contributed by atoms with Crippen molar-refractivity contribution in [2.45, 2.75) is 6.42 Å². The number of carbonyl (C=O) groups excluding carboxylic acids is 1. The van der Waals surface area contributed by atoms with Crippen LogP contribution >= 0.6 is 0 Å². The predicted molar refractivity (Wildman–Crippen MR) is 94.9 cm³/mol. The summed E-state index contributed by atoms with van der Waals surface area (Å²) in [5, 5.41) is 10.3. The Labute approximate surface area is 156 Å². The quantitative estimate of drug-likeness (QED) is 0.737. The van der Waals surface area contributed by atoms with Crippen molar-refractivity contribution in [1.82, 2.24) is 0 Å². The van der Waals surface area contributed by atoms with Crippen LogP contribution in [0.5, 0.6) is 40.2 Å². The fraction of sp³-hybridized carbons (Fsp3) is 0.316. The van der Waals surface area contributed by atoms with Crippen molar-refractivity contribution in [3.8, 4) is 40.2 Å². The molecule has 1 heterocycles. The number of ketones is 1. The molecule has 2 aromatic carbocycles. The van der Waals surface area contributed by atoms with Crippen molar-refractivity contribution in [3.63, 3.8) is 0 Å². The summed E-state index contributed by atoms with van der Waals surface area (Å²) in [7, 11) is 5.89. The lowest BCUT2D eigenvalue weighted by Gasteiger charge is -2.15. The Morgan fingerprint density at radius 1 is 0.963 bits per heavy atom. The van der Waals surface area contributed by atoms with Crippen LogP contribution in [0.4, 0.5) is 0 Å². The highest BCUT2D eigenvalue weighted by Gasteiger charge is 2.29. The van der Waals surface area contributed by atoms with Gasteiger partial charge in [-0.1, -0.05) is 0 Å². The summed E-state index contributed by atoms with van der Waals surface area (Å²) in [5.41, 5.74) is 0.643. The van der Waals surface area contributed by atoms with Gasteiger partial charge >= 0.3 is 0 Å². The van der Waals surface area contributed by atoms with Gasteiger partial charge in [-0.3, -0.25) is 4.79 Å². The molecule has 1 N–H and O–H groups in total. The van der Waals surface area contributed by atoms with E-state index in [-0.39, 0.29) is 36.1 Å². The first-order chi connectivity index (χ1) is 13.0. The summed E-state index contributed by atoms with van der Waals surface area (Å²) >= 11 is 0. The Morgan fingerprint density at radius 3 is 2.15 bits per heavy atom. The Bertz CT molecular complexity index is 849. The van der Waals surface area contributed by atoms with Crippen molar-refractivity contribution in [2.24, 2.45) is 0 Å². The Balaban J connectivity index is 1.99. The van der Waals surface area contributed by atoms with E-state index >= 15 is 0 Å². The summed E-state index contributed by atoms with van der Waals surface area (Å²) in [6, 6.07) is 4.69. The molecule has 0 aromatic heterocycles. The third-order valence-electron chi connectivity index (χ3n) is 4.17. The Kier molecular flexibility index (Phi) is 5.16. The highest BCUT2D eigenvalue weighted by atomic mass is 16.7. The van der Waals surface area contributed by atoms with Crippen LogP contribution in [0.25, 0.3) is 0 Å². The van der Waals surface area contributed by atoms with Crippen LogP contribution in [0.2, 0.25) is 0 Å². The molecular formula is C19H20O8. The standard InChI is InChI=1S/C19H20O8/c1-22-13-6-10(7-14(23-2)17(13)24-3)5-11(20)16-12(21)8-15-18(19(16)25-4)27-9-26-15/h6-8,21H,5,9H2,1-4H3. The molecule has 2 aromatic rings. The summed E-state index contributed by atoms with van der Waals surface area (Å²) in [6.07, 6.45) is -0.0275. The average Bonchev–Trinajstić information content (AvgIpc) is 3.13. The fourth-order valence-electron chi connectivity index (χ4n) is 2.97. The average molecular weight is 376 g/mol. The van der Waals surface area contributed by atoms with Crippen molar-refractivity contribution in [1.29, 1.82) is 0 Å². The van der Waals surface area contributed by atoms with Crippen LogP contribution in [0.3, 0.4) is 0 Å². The summed E-state index contributed by atoms with van der Waals surface area (Å²) in [5.74, 6) is 1.45. The molecule has 0 fully saturated rings. The van der Waals surface area contributed by atoms with E-state index in [1.54, 1.807) is 12.1 Å². The Morgan fingerprint density at radius 2 is 1.59 bits per heavy atom. The second-order valence-corrected chi connectivity index (χ2v) is 5.67. The van der Waals surface area contributed by atoms with Gasteiger partial charge in [0.2, 0.25) is 18.3 Å². The van der Waals surface area contributed by atoms with Gasteiger partial charge in [0.25, 0.3) is 0 Å². The number of Topliss-reactive ketones (excluding diaryl/α,β-unsaturated/α-hetero) is 1. The third-order valence-corrected chi connectivity index (χ3v) is 4.17. The van der Waals surface area contributed by atoms with Gasteiger partial charge in [0, 0.05) is 12.5 Å². The second-order valence-electron chi connectivity index (χ2n) is 5.67. The minimum absolute atomic E-state index is 0.00431. The highest BCUT2D eigenvalue weighted by molar-refractivity contribution is 6.03. The fourth-order valence-corrected chi connectivity index (χ4v) is 2.97. The van der Waals surface area contributed by atoms with E-state index in [4.69, 9.17) is 28.4 Å². The molecule has 0 aliphatic carbocycles. The molecule has 27 heavy (non-hydrogen) atoms. The van der Waals surface area contributed by atoms with E-state index in [0.29, 0.717) is 34.3 Å². The maximum Gasteiger partial charge on any atom is 0.231 e. The third kappa shape index (κ3) is 3.25. The number of aromatic hydroxyl groups is 1. The summed E-state index contributed by atoms with van der Waals surface area (Å²) < 4.78 is 31.8. The van der Waals surface area contributed by atoms with Crippen LogP contribution < -0.4 is 28.4 Å². The topological polar surface area (TPSA) is 92.7 Å². The van der Waals surface area contributed by atoms with Crippen LogP contribution in [-0.4, -0.2) is 46.1 Å². The van der Waals surface area contributed by atoms with Crippen molar-refractivity contribution in [3.05, 3.63) is 29.3 Å². The molecular weight excluding hydrogens is 356 g/mol.